The van der Waals surface area contributed by atoms with Gasteiger partial charge in [0.1, 0.15) is 0 Å². The number of rotatable bonds is 4. The van der Waals surface area contributed by atoms with Crippen LogP contribution in [0.5, 0.6) is 0 Å². The number of Topliss-reactive ketones (excluding diaryl/α,β-unsaturated/α-hetero) is 2. The van der Waals surface area contributed by atoms with E-state index < -0.39 is 0 Å². The third-order valence-electron chi connectivity index (χ3n) is 5.58. The highest BCUT2D eigenvalue weighted by Gasteiger charge is 2.32. The second-order valence-electron chi connectivity index (χ2n) is 7.40. The monoisotopic (exact) mass is 450 g/mol. The Morgan fingerprint density at radius 3 is 2.09 bits per heavy atom. The number of hydrogen-bond acceptors (Lipinski definition) is 4. The van der Waals surface area contributed by atoms with Gasteiger partial charge in [0.05, 0.1) is 19.2 Å². The minimum absolute atomic E-state index is 0.0543. The van der Waals surface area contributed by atoms with Gasteiger partial charge in [0.15, 0.2) is 11.6 Å². The molecule has 0 fully saturated rings. The molecule has 2 aromatic rings. The average Bonchev–Trinajstić information content (AvgIpc) is 3.33. The van der Waals surface area contributed by atoms with Crippen LogP contribution in [0, 0.1) is 29.9 Å². The molecule has 0 atom stereocenters. The van der Waals surface area contributed by atoms with Crippen LogP contribution in [-0.2, 0) is 0 Å². The molecule has 0 aliphatic heterocycles. The molecule has 6 heteroatoms. The Labute approximate surface area is 201 Å². The number of carbonyl (C=O) groups excluding carboxylic acids is 2. The van der Waals surface area contributed by atoms with Crippen LogP contribution in [0.25, 0.3) is 20.8 Å². The predicted octanol–water partition coefficient (Wildman–Crippen LogP) is 5.78. The largest absolute Gasteiger partial charge is 0.289 e. The van der Waals surface area contributed by atoms with E-state index >= 15 is 0 Å². The van der Waals surface area contributed by atoms with Gasteiger partial charge in [0.25, 0.3) is 11.4 Å². The van der Waals surface area contributed by atoms with Gasteiger partial charge in [-0.25, -0.2) is 15.0 Å². The van der Waals surface area contributed by atoms with Gasteiger partial charge in [-0.15, -0.1) is 0 Å². The zero-order valence-corrected chi connectivity index (χ0v) is 18.2. The third kappa shape index (κ3) is 3.78. The normalized spacial score (nSPS) is 16.7. The van der Waals surface area contributed by atoms with Crippen LogP contribution in [0.2, 0.25) is 0 Å². The molecule has 2 aliphatic carbocycles. The summed E-state index contributed by atoms with van der Waals surface area (Å²) < 4.78 is 0. The van der Waals surface area contributed by atoms with Crippen molar-refractivity contribution in [3.8, 4) is 6.07 Å². The Bertz CT molecular complexity index is 1630. The van der Waals surface area contributed by atoms with Gasteiger partial charge in [-0.2, -0.15) is 0 Å². The smallest absolute Gasteiger partial charge is 0.270 e. The molecular formula is C29H14N4O2. The van der Waals surface area contributed by atoms with Gasteiger partial charge in [-0.1, -0.05) is 78.9 Å². The first-order chi connectivity index (χ1) is 17.1. The Morgan fingerprint density at radius 1 is 0.857 bits per heavy atom. The fraction of sp³-hybridized carbons (Fsp3) is 0. The van der Waals surface area contributed by atoms with Crippen molar-refractivity contribution in [2.45, 2.75) is 0 Å². The summed E-state index contributed by atoms with van der Waals surface area (Å²) in [5, 5.41) is 16.8. The highest BCUT2D eigenvalue weighted by molar-refractivity contribution is 6.28. The van der Waals surface area contributed by atoms with Crippen molar-refractivity contribution in [2.24, 2.45) is 0 Å². The van der Waals surface area contributed by atoms with Crippen LogP contribution in [0.15, 0.2) is 101 Å². The lowest BCUT2D eigenvalue weighted by Gasteiger charge is -2.01. The molecule has 0 heterocycles. The summed E-state index contributed by atoms with van der Waals surface area (Å²) in [5.74, 6) is 1.59. The predicted molar refractivity (Wildman–Crippen MR) is 132 cm³/mol. The van der Waals surface area contributed by atoms with Crippen LogP contribution in [0.3, 0.4) is 0 Å². The maximum absolute atomic E-state index is 12.9. The Balaban J connectivity index is 1.71. The van der Waals surface area contributed by atoms with Gasteiger partial charge in [0.2, 0.25) is 0 Å². The van der Waals surface area contributed by atoms with Crippen molar-refractivity contribution < 1.29 is 9.59 Å². The minimum atomic E-state index is -0.273. The van der Waals surface area contributed by atoms with E-state index in [9.17, 15) is 14.9 Å². The number of hydrogen-bond donors (Lipinski definition) is 1. The molecule has 0 bridgehead atoms. The van der Waals surface area contributed by atoms with Gasteiger partial charge in [-0.3, -0.25) is 15.0 Å². The lowest BCUT2D eigenvalue weighted by Crippen LogP contribution is -1.96. The number of nitrogens with zero attached hydrogens (tertiary/aromatic N) is 3. The molecule has 2 aliphatic rings. The van der Waals surface area contributed by atoms with Crippen LogP contribution in [-0.4, -0.2) is 17.4 Å². The summed E-state index contributed by atoms with van der Waals surface area (Å²) in [4.78, 5) is 32.4. The SMILES string of the molecule is [C-]#[N+]C(=C=N)C1=C(/C=C/C=C/C=C2\C(=O)c3ccccc3\C2=C(\C#N)[N+]#[C-])C(=O)c2ccccc21. The molecule has 0 saturated heterocycles. The average molecular weight is 450 g/mol. The Hall–Kier alpha value is -5.60. The number of nitrogens with one attached hydrogen (secondary N) is 1. The van der Waals surface area contributed by atoms with E-state index in [0.717, 1.165) is 0 Å². The van der Waals surface area contributed by atoms with Crippen molar-refractivity contribution in [3.63, 3.8) is 0 Å². The van der Waals surface area contributed by atoms with Crippen molar-refractivity contribution in [1.29, 1.82) is 10.7 Å². The van der Waals surface area contributed by atoms with E-state index in [1.54, 1.807) is 72.8 Å². The fourth-order valence-corrected chi connectivity index (χ4v) is 4.08. The molecule has 0 aromatic heterocycles. The van der Waals surface area contributed by atoms with Crippen LogP contribution in [0.1, 0.15) is 31.8 Å². The van der Waals surface area contributed by atoms with Crippen molar-refractivity contribution >= 4 is 28.6 Å². The van der Waals surface area contributed by atoms with Crippen LogP contribution >= 0.6 is 0 Å². The summed E-state index contributed by atoms with van der Waals surface area (Å²) in [5.41, 5.74) is 3.00. The number of ketones is 2. The quantitative estimate of drug-likeness (QED) is 0.211. The van der Waals surface area contributed by atoms with E-state index in [0.29, 0.717) is 33.4 Å². The second kappa shape index (κ2) is 9.49. The molecule has 0 amide bonds. The molecule has 162 valence electrons. The van der Waals surface area contributed by atoms with E-state index in [4.69, 9.17) is 18.6 Å². The maximum Gasteiger partial charge on any atom is 0.270 e. The van der Waals surface area contributed by atoms with E-state index in [2.05, 4.69) is 15.6 Å². The Morgan fingerprint density at radius 2 is 1.49 bits per heavy atom. The molecule has 2 aromatic carbocycles. The molecule has 0 unspecified atom stereocenters. The van der Waals surface area contributed by atoms with Gasteiger partial charge >= 0.3 is 0 Å². The molecule has 0 radical (unpaired) electrons. The maximum atomic E-state index is 12.9. The van der Waals surface area contributed by atoms with E-state index in [1.165, 1.54) is 6.08 Å². The lowest BCUT2D eigenvalue weighted by molar-refractivity contribution is 0.103. The van der Waals surface area contributed by atoms with Crippen molar-refractivity contribution in [1.82, 2.24) is 0 Å². The zero-order valence-electron chi connectivity index (χ0n) is 18.2. The highest BCUT2D eigenvalue weighted by Crippen LogP contribution is 2.39. The lowest BCUT2D eigenvalue weighted by atomic mass is 10.0. The number of benzene rings is 2. The van der Waals surface area contributed by atoms with E-state index in [-0.39, 0.29) is 34.1 Å². The third-order valence-corrected chi connectivity index (χ3v) is 5.58. The van der Waals surface area contributed by atoms with Crippen molar-refractivity contribution in [3.05, 3.63) is 147 Å². The van der Waals surface area contributed by atoms with Crippen molar-refractivity contribution in [2.75, 3.05) is 0 Å². The number of fused-ring (bicyclic) bond motifs is 2. The molecular weight excluding hydrogens is 436 g/mol. The van der Waals surface area contributed by atoms with Crippen LogP contribution < -0.4 is 0 Å². The summed E-state index contributed by atoms with van der Waals surface area (Å²) in [6.45, 7) is 14.7. The summed E-state index contributed by atoms with van der Waals surface area (Å²) >= 11 is 0. The molecule has 6 nitrogen and oxygen atoms in total. The summed E-state index contributed by atoms with van der Waals surface area (Å²) in [7, 11) is 0. The summed E-state index contributed by atoms with van der Waals surface area (Å²) in [6, 6.07) is 15.6. The highest BCUT2D eigenvalue weighted by atomic mass is 16.1. The molecule has 4 rings (SSSR count). The number of allylic oxidation sites excluding steroid dienone is 10. The van der Waals surface area contributed by atoms with Gasteiger partial charge in [0, 0.05) is 33.4 Å². The first-order valence-electron chi connectivity index (χ1n) is 10.3. The van der Waals surface area contributed by atoms with Crippen LogP contribution in [0.4, 0.5) is 0 Å². The zero-order chi connectivity index (χ0) is 24.9. The molecule has 0 saturated carbocycles. The number of carbonyl (C=O) groups is 2. The number of nitriles is 1. The molecule has 1 N–H and O–H groups in total. The second-order valence-corrected chi connectivity index (χ2v) is 7.40. The molecule has 35 heavy (non-hydrogen) atoms. The first kappa shape index (κ1) is 22.6. The first-order valence-corrected chi connectivity index (χ1v) is 10.3. The topological polar surface area (TPSA) is 90.5 Å². The summed E-state index contributed by atoms with van der Waals surface area (Å²) in [6.07, 6.45) is 7.88. The van der Waals surface area contributed by atoms with E-state index in [1.807, 2.05) is 6.07 Å². The molecule has 0 spiro atoms. The van der Waals surface area contributed by atoms with Gasteiger partial charge in [-0.05, 0) is 17.0 Å². The minimum Gasteiger partial charge on any atom is -0.289 e. The fourth-order valence-electron chi connectivity index (χ4n) is 4.08. The standard InChI is InChI=1S/C29H14N4O2/c1-32-24(16-30)26-18-10-6-8-12-20(18)28(34)22(26)14-4-3-5-15-23-27(25(17-31)33-2)19-11-7-9-13-21(19)29(23)35/h3-15,30H/b5-3+,14-4+,23-15-,27-25+. The Kier molecular flexibility index (Phi) is 6.12. The van der Waals surface area contributed by atoms with Gasteiger partial charge < -0.3 is 0 Å².